The molecule has 0 aliphatic rings. The van der Waals surface area contributed by atoms with Gasteiger partial charge < -0.3 is 20.1 Å². The van der Waals surface area contributed by atoms with Gasteiger partial charge in [0.15, 0.2) is 11.5 Å². The van der Waals surface area contributed by atoms with Crippen molar-refractivity contribution in [3.8, 4) is 11.5 Å². The van der Waals surface area contributed by atoms with Gasteiger partial charge in [-0.1, -0.05) is 6.07 Å². The zero-order valence-electron chi connectivity index (χ0n) is 12.2. The molecule has 1 aromatic carbocycles. The van der Waals surface area contributed by atoms with Crippen LogP contribution in [0.3, 0.4) is 0 Å². The minimum absolute atomic E-state index is 0. The molecular formula is C14H23ClN2O3. The molecule has 0 bridgehead atoms. The third kappa shape index (κ3) is 6.12. The molecule has 0 aromatic heterocycles. The molecule has 0 radical (unpaired) electrons. The highest BCUT2D eigenvalue weighted by Gasteiger charge is 2.04. The van der Waals surface area contributed by atoms with Crippen LogP contribution in [-0.4, -0.2) is 40.3 Å². The Morgan fingerprint density at radius 1 is 1.20 bits per heavy atom. The smallest absolute Gasteiger partial charge is 0.233 e. The van der Waals surface area contributed by atoms with Crippen molar-refractivity contribution >= 4 is 18.3 Å². The van der Waals surface area contributed by atoms with Gasteiger partial charge in [-0.3, -0.25) is 4.79 Å². The summed E-state index contributed by atoms with van der Waals surface area (Å²) in [6.45, 7) is 1.03. The van der Waals surface area contributed by atoms with Crippen LogP contribution in [0.25, 0.3) is 0 Å². The summed E-state index contributed by atoms with van der Waals surface area (Å²) in [6.07, 6.45) is 1.78. The Hall–Kier alpha value is -1.46. The van der Waals surface area contributed by atoms with E-state index in [1.165, 1.54) is 5.56 Å². The summed E-state index contributed by atoms with van der Waals surface area (Å²) in [5.41, 5.74) is 1.17. The lowest BCUT2D eigenvalue weighted by Gasteiger charge is -2.10. The second-order valence-corrected chi connectivity index (χ2v) is 4.17. The Bertz CT molecular complexity index is 413. The molecule has 1 aromatic rings. The highest BCUT2D eigenvalue weighted by Crippen LogP contribution is 2.27. The predicted molar refractivity (Wildman–Crippen MR) is 82.1 cm³/mol. The van der Waals surface area contributed by atoms with Crippen LogP contribution in [0.4, 0.5) is 0 Å². The average molecular weight is 303 g/mol. The molecule has 5 nitrogen and oxygen atoms in total. The van der Waals surface area contributed by atoms with E-state index in [1.54, 1.807) is 21.3 Å². The number of carbonyl (C=O) groups is 1. The summed E-state index contributed by atoms with van der Waals surface area (Å²) in [4.78, 5) is 11.2. The van der Waals surface area contributed by atoms with E-state index in [2.05, 4.69) is 10.6 Å². The summed E-state index contributed by atoms with van der Waals surface area (Å²) in [5, 5.41) is 5.66. The Labute approximate surface area is 126 Å². The van der Waals surface area contributed by atoms with E-state index in [0.29, 0.717) is 13.1 Å². The largest absolute Gasteiger partial charge is 0.493 e. The predicted octanol–water partition coefficient (Wildman–Crippen LogP) is 1.39. The van der Waals surface area contributed by atoms with Gasteiger partial charge in [0.25, 0.3) is 0 Å². The third-order valence-electron chi connectivity index (χ3n) is 2.75. The molecule has 0 heterocycles. The minimum Gasteiger partial charge on any atom is -0.493 e. The maximum atomic E-state index is 11.2. The highest BCUT2D eigenvalue weighted by atomic mass is 35.5. The first kappa shape index (κ1) is 18.5. The van der Waals surface area contributed by atoms with Crippen LogP contribution in [0, 0.1) is 0 Å². The van der Waals surface area contributed by atoms with E-state index in [4.69, 9.17) is 9.47 Å². The van der Waals surface area contributed by atoms with Crippen molar-refractivity contribution in [3.63, 3.8) is 0 Å². The van der Waals surface area contributed by atoms with Gasteiger partial charge in [0, 0.05) is 6.54 Å². The molecule has 20 heavy (non-hydrogen) atoms. The summed E-state index contributed by atoms with van der Waals surface area (Å²) < 4.78 is 10.4. The Kier molecular flexibility index (Phi) is 9.59. The van der Waals surface area contributed by atoms with Crippen LogP contribution in [0.5, 0.6) is 11.5 Å². The van der Waals surface area contributed by atoms with E-state index in [0.717, 1.165) is 24.3 Å². The molecule has 0 aliphatic heterocycles. The number of hydrogen-bond donors (Lipinski definition) is 2. The molecule has 0 fully saturated rings. The molecule has 6 heteroatoms. The normalized spacial score (nSPS) is 9.55. The summed E-state index contributed by atoms with van der Waals surface area (Å²) in [6, 6.07) is 5.87. The van der Waals surface area contributed by atoms with Crippen molar-refractivity contribution in [1.82, 2.24) is 10.6 Å². The van der Waals surface area contributed by atoms with Crippen LogP contribution < -0.4 is 20.1 Å². The lowest BCUT2D eigenvalue weighted by Crippen LogP contribution is -2.32. The maximum absolute atomic E-state index is 11.2. The number of halogens is 1. The first-order chi connectivity index (χ1) is 9.21. The number of carbonyl (C=O) groups excluding carboxylic acids is 1. The quantitative estimate of drug-likeness (QED) is 0.713. The number of aryl methyl sites for hydroxylation is 1. The van der Waals surface area contributed by atoms with E-state index in [-0.39, 0.29) is 18.3 Å². The fourth-order valence-electron chi connectivity index (χ4n) is 1.78. The molecule has 0 atom stereocenters. The van der Waals surface area contributed by atoms with Gasteiger partial charge in [-0.2, -0.15) is 0 Å². The second kappa shape index (κ2) is 10.3. The number of rotatable bonds is 8. The van der Waals surface area contributed by atoms with Gasteiger partial charge in [0.1, 0.15) is 0 Å². The van der Waals surface area contributed by atoms with Crippen molar-refractivity contribution in [1.29, 1.82) is 0 Å². The zero-order chi connectivity index (χ0) is 14.1. The zero-order valence-corrected chi connectivity index (χ0v) is 13.0. The van der Waals surface area contributed by atoms with E-state index < -0.39 is 0 Å². The van der Waals surface area contributed by atoms with Crippen LogP contribution in [-0.2, 0) is 11.2 Å². The van der Waals surface area contributed by atoms with Crippen LogP contribution in [0.15, 0.2) is 18.2 Å². The monoisotopic (exact) mass is 302 g/mol. The van der Waals surface area contributed by atoms with Gasteiger partial charge in [-0.15, -0.1) is 12.4 Å². The molecule has 0 aliphatic carbocycles. The standard InChI is InChI=1S/C14H22N2O3.ClH/c1-15-10-14(17)16-8-4-5-11-6-7-12(18-2)13(9-11)19-3;/h6-7,9,15H,4-5,8,10H2,1-3H3,(H,16,17);1H. The fourth-order valence-corrected chi connectivity index (χ4v) is 1.78. The van der Waals surface area contributed by atoms with Gasteiger partial charge >= 0.3 is 0 Å². The first-order valence-corrected chi connectivity index (χ1v) is 6.33. The van der Waals surface area contributed by atoms with Crippen LogP contribution >= 0.6 is 12.4 Å². The molecule has 2 N–H and O–H groups in total. The number of nitrogens with one attached hydrogen (secondary N) is 2. The number of benzene rings is 1. The average Bonchev–Trinajstić information content (AvgIpc) is 2.43. The molecule has 0 saturated carbocycles. The Morgan fingerprint density at radius 3 is 2.50 bits per heavy atom. The number of hydrogen-bond acceptors (Lipinski definition) is 4. The van der Waals surface area contributed by atoms with Crippen molar-refractivity contribution in [2.75, 3.05) is 34.4 Å². The topological polar surface area (TPSA) is 59.6 Å². The van der Waals surface area contributed by atoms with E-state index >= 15 is 0 Å². The SMILES string of the molecule is CNCC(=O)NCCCc1ccc(OC)c(OC)c1.Cl. The van der Waals surface area contributed by atoms with Crippen LogP contribution in [0.2, 0.25) is 0 Å². The molecular weight excluding hydrogens is 280 g/mol. The minimum atomic E-state index is 0. The summed E-state index contributed by atoms with van der Waals surface area (Å²) in [5.74, 6) is 1.49. The van der Waals surface area contributed by atoms with Crippen molar-refractivity contribution in [2.45, 2.75) is 12.8 Å². The fraction of sp³-hybridized carbons (Fsp3) is 0.500. The first-order valence-electron chi connectivity index (χ1n) is 6.33. The third-order valence-corrected chi connectivity index (χ3v) is 2.75. The Balaban J connectivity index is 0.00000361. The molecule has 0 saturated heterocycles. The van der Waals surface area contributed by atoms with Crippen molar-refractivity contribution in [2.24, 2.45) is 0 Å². The molecule has 1 rings (SSSR count). The highest BCUT2D eigenvalue weighted by molar-refractivity contribution is 5.85. The lowest BCUT2D eigenvalue weighted by molar-refractivity contribution is -0.120. The molecule has 0 spiro atoms. The maximum Gasteiger partial charge on any atom is 0.233 e. The summed E-state index contributed by atoms with van der Waals surface area (Å²) >= 11 is 0. The lowest BCUT2D eigenvalue weighted by atomic mass is 10.1. The molecule has 114 valence electrons. The molecule has 0 unspecified atom stereocenters. The van der Waals surface area contributed by atoms with E-state index in [1.807, 2.05) is 18.2 Å². The van der Waals surface area contributed by atoms with Crippen molar-refractivity contribution < 1.29 is 14.3 Å². The van der Waals surface area contributed by atoms with Gasteiger partial charge in [0.05, 0.1) is 20.8 Å². The van der Waals surface area contributed by atoms with Gasteiger partial charge in [-0.05, 0) is 37.6 Å². The van der Waals surface area contributed by atoms with Crippen LogP contribution in [0.1, 0.15) is 12.0 Å². The summed E-state index contributed by atoms with van der Waals surface area (Å²) in [7, 11) is 5.00. The number of methoxy groups -OCH3 is 2. The molecule has 1 amide bonds. The van der Waals surface area contributed by atoms with Gasteiger partial charge in [0.2, 0.25) is 5.91 Å². The second-order valence-electron chi connectivity index (χ2n) is 4.17. The van der Waals surface area contributed by atoms with Crippen molar-refractivity contribution in [3.05, 3.63) is 23.8 Å². The number of amides is 1. The Morgan fingerprint density at radius 2 is 1.90 bits per heavy atom. The van der Waals surface area contributed by atoms with E-state index in [9.17, 15) is 4.79 Å². The number of likely N-dealkylation sites (N-methyl/N-ethyl adjacent to an activating group) is 1. The van der Waals surface area contributed by atoms with Gasteiger partial charge in [-0.25, -0.2) is 0 Å². The number of ether oxygens (including phenoxy) is 2.